The number of likely N-dealkylation sites (tertiary alicyclic amines) is 1. The summed E-state index contributed by atoms with van der Waals surface area (Å²) in [6.07, 6.45) is 2.23. The molecule has 1 saturated heterocycles. The zero-order chi connectivity index (χ0) is 22.4. The minimum atomic E-state index is -0.303. The van der Waals surface area contributed by atoms with Crippen molar-refractivity contribution in [2.24, 2.45) is 5.92 Å². The van der Waals surface area contributed by atoms with E-state index in [1.165, 1.54) is 0 Å². The van der Waals surface area contributed by atoms with Gasteiger partial charge < -0.3 is 15.5 Å². The summed E-state index contributed by atoms with van der Waals surface area (Å²) < 4.78 is 0. The molecule has 2 aromatic carbocycles. The summed E-state index contributed by atoms with van der Waals surface area (Å²) in [5.41, 5.74) is 1.53. The van der Waals surface area contributed by atoms with Crippen molar-refractivity contribution in [2.75, 3.05) is 18.4 Å². The Morgan fingerprint density at radius 2 is 1.71 bits per heavy atom. The average molecular weight is 442 g/mol. The molecule has 1 aliphatic heterocycles. The third-order valence-electron chi connectivity index (χ3n) is 5.66. The first-order valence-electron chi connectivity index (χ1n) is 10.6. The number of nitrogens with one attached hydrogen (secondary N) is 2. The van der Waals surface area contributed by atoms with Crippen LogP contribution in [0.4, 0.5) is 5.69 Å². The molecule has 1 heterocycles. The van der Waals surface area contributed by atoms with Gasteiger partial charge in [0.15, 0.2) is 0 Å². The Labute approximate surface area is 188 Å². The number of benzene rings is 2. The lowest BCUT2D eigenvalue weighted by atomic mass is 9.95. The van der Waals surface area contributed by atoms with Crippen molar-refractivity contribution in [1.82, 2.24) is 10.2 Å². The van der Waals surface area contributed by atoms with E-state index in [-0.39, 0.29) is 29.7 Å². The number of rotatable bonds is 6. The molecule has 1 atom stereocenters. The highest BCUT2D eigenvalue weighted by Crippen LogP contribution is 2.21. The zero-order valence-electron chi connectivity index (χ0n) is 17.9. The number of hydrogen-bond donors (Lipinski definition) is 2. The van der Waals surface area contributed by atoms with Crippen LogP contribution >= 0.6 is 11.6 Å². The van der Waals surface area contributed by atoms with Crippen molar-refractivity contribution in [3.8, 4) is 0 Å². The largest absolute Gasteiger partial charge is 0.353 e. The molecule has 1 aliphatic rings. The van der Waals surface area contributed by atoms with E-state index in [1.54, 1.807) is 53.4 Å². The third kappa shape index (κ3) is 5.85. The van der Waals surface area contributed by atoms with Gasteiger partial charge in [-0.2, -0.15) is 0 Å². The minimum absolute atomic E-state index is 0.0413. The van der Waals surface area contributed by atoms with Crippen LogP contribution < -0.4 is 10.6 Å². The number of nitrogens with zero attached hydrogens (tertiary/aromatic N) is 1. The van der Waals surface area contributed by atoms with Gasteiger partial charge in [0.2, 0.25) is 5.91 Å². The van der Waals surface area contributed by atoms with E-state index in [0.717, 1.165) is 6.42 Å². The molecule has 0 bridgehead atoms. The molecule has 2 aromatic rings. The van der Waals surface area contributed by atoms with Crippen molar-refractivity contribution < 1.29 is 14.4 Å². The van der Waals surface area contributed by atoms with E-state index in [9.17, 15) is 14.4 Å². The van der Waals surface area contributed by atoms with Crippen molar-refractivity contribution in [1.29, 1.82) is 0 Å². The van der Waals surface area contributed by atoms with Gasteiger partial charge in [-0.1, -0.05) is 30.7 Å². The van der Waals surface area contributed by atoms with Crippen LogP contribution in [-0.4, -0.2) is 41.8 Å². The molecule has 1 unspecified atom stereocenters. The third-order valence-corrected chi connectivity index (χ3v) is 5.99. The van der Waals surface area contributed by atoms with E-state index >= 15 is 0 Å². The topological polar surface area (TPSA) is 78.5 Å². The molecule has 2 N–H and O–H groups in total. The molecular formula is C24H28ClN3O3. The molecule has 0 radical (unpaired) electrons. The van der Waals surface area contributed by atoms with Gasteiger partial charge in [0, 0.05) is 36.3 Å². The molecule has 6 nitrogen and oxygen atoms in total. The van der Waals surface area contributed by atoms with Gasteiger partial charge in [0.05, 0.1) is 10.6 Å². The van der Waals surface area contributed by atoms with Gasteiger partial charge in [-0.3, -0.25) is 14.4 Å². The van der Waals surface area contributed by atoms with Gasteiger partial charge in [-0.25, -0.2) is 0 Å². The molecule has 3 amide bonds. The molecule has 1 fully saturated rings. The van der Waals surface area contributed by atoms with Gasteiger partial charge >= 0.3 is 0 Å². The van der Waals surface area contributed by atoms with E-state index in [0.29, 0.717) is 47.8 Å². The van der Waals surface area contributed by atoms with Crippen molar-refractivity contribution in [3.63, 3.8) is 0 Å². The van der Waals surface area contributed by atoms with Crippen molar-refractivity contribution in [3.05, 3.63) is 64.7 Å². The maximum absolute atomic E-state index is 12.8. The second-order valence-electron chi connectivity index (χ2n) is 7.90. The van der Waals surface area contributed by atoms with Crippen LogP contribution in [0.2, 0.25) is 5.02 Å². The van der Waals surface area contributed by atoms with Crippen LogP contribution in [-0.2, 0) is 4.79 Å². The predicted octanol–water partition coefficient (Wildman–Crippen LogP) is 4.36. The minimum Gasteiger partial charge on any atom is -0.353 e. The van der Waals surface area contributed by atoms with Crippen LogP contribution in [0.15, 0.2) is 48.5 Å². The molecule has 31 heavy (non-hydrogen) atoms. The quantitative estimate of drug-likeness (QED) is 0.699. The highest BCUT2D eigenvalue weighted by atomic mass is 35.5. The van der Waals surface area contributed by atoms with Gasteiger partial charge in [-0.15, -0.1) is 0 Å². The molecule has 0 aliphatic carbocycles. The molecule has 0 saturated carbocycles. The Morgan fingerprint density at radius 3 is 2.32 bits per heavy atom. The lowest BCUT2D eigenvalue weighted by Gasteiger charge is -2.32. The molecule has 7 heteroatoms. The average Bonchev–Trinajstić information content (AvgIpc) is 2.79. The first kappa shape index (κ1) is 22.8. The molecule has 3 rings (SSSR count). The number of anilines is 1. The van der Waals surface area contributed by atoms with Crippen molar-refractivity contribution in [2.45, 2.75) is 39.2 Å². The predicted molar refractivity (Wildman–Crippen MR) is 122 cm³/mol. The summed E-state index contributed by atoms with van der Waals surface area (Å²) in [6.45, 7) is 5.15. The van der Waals surface area contributed by atoms with E-state index in [1.807, 2.05) is 13.8 Å². The van der Waals surface area contributed by atoms with Crippen LogP contribution in [0.3, 0.4) is 0 Å². The summed E-state index contributed by atoms with van der Waals surface area (Å²) in [5.74, 6) is -0.326. The first-order valence-corrected chi connectivity index (χ1v) is 11.0. The standard InChI is InChI=1S/C24H28ClN3O3/c1-3-16(2)26-22(29)17-12-14-28(15-13-17)24(31)18-8-10-19(11-9-18)27-23(30)20-6-4-5-7-21(20)25/h4-11,16-17H,3,12-15H2,1-2H3,(H,26,29)(H,27,30). The highest BCUT2D eigenvalue weighted by Gasteiger charge is 2.28. The lowest BCUT2D eigenvalue weighted by Crippen LogP contribution is -2.44. The Kier molecular flexibility index (Phi) is 7.69. The smallest absolute Gasteiger partial charge is 0.257 e. The fraction of sp³-hybridized carbons (Fsp3) is 0.375. The summed E-state index contributed by atoms with van der Waals surface area (Å²) >= 11 is 6.06. The second-order valence-corrected chi connectivity index (χ2v) is 8.30. The SMILES string of the molecule is CCC(C)NC(=O)C1CCN(C(=O)c2ccc(NC(=O)c3ccccc3Cl)cc2)CC1. The zero-order valence-corrected chi connectivity index (χ0v) is 18.6. The summed E-state index contributed by atoms with van der Waals surface area (Å²) in [6, 6.07) is 13.8. The Balaban J connectivity index is 1.54. The number of carbonyl (C=O) groups is 3. The fourth-order valence-corrected chi connectivity index (χ4v) is 3.75. The molecule has 164 valence electrons. The Bertz CT molecular complexity index is 937. The Hall–Kier alpha value is -2.86. The molecule has 0 aromatic heterocycles. The number of carbonyl (C=O) groups excluding carboxylic acids is 3. The first-order chi connectivity index (χ1) is 14.9. The number of piperidine rings is 1. The van der Waals surface area contributed by atoms with E-state index in [2.05, 4.69) is 10.6 Å². The summed E-state index contributed by atoms with van der Waals surface area (Å²) in [7, 11) is 0. The molecule has 0 spiro atoms. The van der Waals surface area contributed by atoms with E-state index in [4.69, 9.17) is 11.6 Å². The maximum Gasteiger partial charge on any atom is 0.257 e. The van der Waals surface area contributed by atoms with Crippen LogP contribution in [0.5, 0.6) is 0 Å². The second kappa shape index (κ2) is 10.4. The lowest BCUT2D eigenvalue weighted by molar-refractivity contribution is -0.126. The van der Waals surface area contributed by atoms with Crippen molar-refractivity contribution >= 4 is 35.0 Å². The monoisotopic (exact) mass is 441 g/mol. The highest BCUT2D eigenvalue weighted by molar-refractivity contribution is 6.34. The number of hydrogen-bond acceptors (Lipinski definition) is 3. The summed E-state index contributed by atoms with van der Waals surface area (Å²) in [4.78, 5) is 39.3. The fourth-order valence-electron chi connectivity index (χ4n) is 3.53. The number of amides is 3. The van der Waals surface area contributed by atoms with E-state index < -0.39 is 0 Å². The van der Waals surface area contributed by atoms with Gasteiger partial charge in [0.25, 0.3) is 11.8 Å². The van der Waals surface area contributed by atoms with Crippen LogP contribution in [0.25, 0.3) is 0 Å². The molecular weight excluding hydrogens is 414 g/mol. The summed E-state index contributed by atoms with van der Waals surface area (Å²) in [5, 5.41) is 6.20. The van der Waals surface area contributed by atoms with Crippen LogP contribution in [0.1, 0.15) is 53.8 Å². The maximum atomic E-state index is 12.8. The van der Waals surface area contributed by atoms with Crippen LogP contribution in [0, 0.1) is 5.92 Å². The van der Waals surface area contributed by atoms with Gasteiger partial charge in [-0.05, 0) is 62.6 Å². The van der Waals surface area contributed by atoms with Gasteiger partial charge in [0.1, 0.15) is 0 Å². The number of halogens is 1. The normalized spacial score (nSPS) is 15.3. The Morgan fingerprint density at radius 1 is 1.06 bits per heavy atom.